The maximum Gasteiger partial charge on any atom is 0.254 e. The van der Waals surface area contributed by atoms with E-state index < -0.39 is 0 Å². The van der Waals surface area contributed by atoms with E-state index in [1.165, 1.54) is 0 Å². The zero-order chi connectivity index (χ0) is 28.2. The van der Waals surface area contributed by atoms with E-state index in [0.717, 1.165) is 22.6 Å². The van der Waals surface area contributed by atoms with E-state index >= 15 is 0 Å². The maximum absolute atomic E-state index is 13.6. The van der Waals surface area contributed by atoms with E-state index in [1.54, 1.807) is 38.3 Å². The Bertz CT molecular complexity index is 1220. The predicted molar refractivity (Wildman–Crippen MR) is 149 cm³/mol. The molecule has 0 saturated carbocycles. The maximum atomic E-state index is 13.6. The number of rotatable bonds is 11. The number of Topliss-reactive ketones (excluding diaryl/α,β-unsaturated/α-hetero) is 1. The van der Waals surface area contributed by atoms with Crippen LogP contribution in [0.3, 0.4) is 0 Å². The highest BCUT2D eigenvalue weighted by atomic mass is 16.5. The Morgan fingerprint density at radius 1 is 1.16 bits per heavy atom. The molecule has 0 spiro atoms. The van der Waals surface area contributed by atoms with Gasteiger partial charge in [0, 0.05) is 51.0 Å². The number of ketones is 1. The number of anilines is 1. The topological polar surface area (TPSA) is 104 Å². The summed E-state index contributed by atoms with van der Waals surface area (Å²) in [5.41, 5.74) is 3.90. The lowest BCUT2D eigenvalue weighted by Crippen LogP contribution is -2.31. The van der Waals surface area contributed by atoms with Crippen LogP contribution in [0.5, 0.6) is 11.5 Å². The molecule has 2 aromatic rings. The lowest BCUT2D eigenvalue weighted by molar-refractivity contribution is 0.0953. The van der Waals surface area contributed by atoms with Crippen molar-refractivity contribution in [2.45, 2.75) is 39.7 Å². The van der Waals surface area contributed by atoms with E-state index in [1.807, 2.05) is 31.0 Å². The van der Waals surface area contributed by atoms with Gasteiger partial charge < -0.3 is 29.3 Å². The molecule has 0 saturated heterocycles. The van der Waals surface area contributed by atoms with Gasteiger partial charge in [0.2, 0.25) is 0 Å². The van der Waals surface area contributed by atoms with Crippen molar-refractivity contribution in [1.29, 1.82) is 5.41 Å². The van der Waals surface area contributed by atoms with Crippen LogP contribution in [0.25, 0.3) is 0 Å². The molecule has 0 radical (unpaired) electrons. The van der Waals surface area contributed by atoms with E-state index in [9.17, 15) is 9.59 Å². The molecule has 1 aliphatic heterocycles. The number of carbonyl (C=O) groups excluding carboxylic acids is 2. The number of amidine groups is 1. The van der Waals surface area contributed by atoms with Crippen molar-refractivity contribution < 1.29 is 23.8 Å². The fraction of sp³-hybridized carbons (Fsp3) is 0.483. The number of fused-ring (bicyclic) bond motifs is 1. The van der Waals surface area contributed by atoms with Gasteiger partial charge in [-0.1, -0.05) is 20.8 Å². The summed E-state index contributed by atoms with van der Waals surface area (Å²) in [4.78, 5) is 29.8. The smallest absolute Gasteiger partial charge is 0.254 e. The zero-order valence-corrected chi connectivity index (χ0v) is 23.8. The van der Waals surface area contributed by atoms with Crippen LogP contribution in [0.4, 0.5) is 5.69 Å². The Balaban J connectivity index is 1.95. The van der Waals surface area contributed by atoms with Crippen molar-refractivity contribution in [3.63, 3.8) is 0 Å². The second-order valence-electron chi connectivity index (χ2n) is 10.4. The third-order valence-electron chi connectivity index (χ3n) is 6.69. The Morgan fingerprint density at radius 3 is 2.45 bits per heavy atom. The summed E-state index contributed by atoms with van der Waals surface area (Å²) in [6.07, 6.45) is 0. The molecule has 1 amide bonds. The minimum absolute atomic E-state index is 0.0317. The fourth-order valence-electron chi connectivity index (χ4n) is 4.59. The second-order valence-corrected chi connectivity index (χ2v) is 10.4. The predicted octanol–water partition coefficient (Wildman–Crippen LogP) is 3.86. The average Bonchev–Trinajstić information content (AvgIpc) is 3.18. The first kappa shape index (κ1) is 29.0. The normalized spacial score (nSPS) is 12.8. The van der Waals surface area contributed by atoms with Crippen LogP contribution in [-0.2, 0) is 16.7 Å². The number of hydrogen-bond donors (Lipinski definition) is 2. The molecule has 38 heavy (non-hydrogen) atoms. The molecule has 2 N–H and O–H groups in total. The number of amides is 1. The third-order valence-corrected chi connectivity index (χ3v) is 6.69. The number of likely N-dealkylation sites (N-methyl/N-ethyl adjacent to an activating group) is 1. The Hall–Kier alpha value is -3.59. The van der Waals surface area contributed by atoms with Crippen molar-refractivity contribution in [2.75, 3.05) is 59.5 Å². The summed E-state index contributed by atoms with van der Waals surface area (Å²) in [5, 5.41) is 11.4. The molecule has 0 atom stereocenters. The van der Waals surface area contributed by atoms with Gasteiger partial charge in [-0.3, -0.25) is 15.0 Å². The molecule has 0 bridgehead atoms. The molecule has 206 valence electrons. The van der Waals surface area contributed by atoms with Gasteiger partial charge in [-0.25, -0.2) is 0 Å². The lowest BCUT2D eigenvalue weighted by Gasteiger charge is -2.29. The van der Waals surface area contributed by atoms with Crippen molar-refractivity contribution in [2.24, 2.45) is 0 Å². The summed E-state index contributed by atoms with van der Waals surface area (Å²) in [7, 11) is 6.81. The van der Waals surface area contributed by atoms with E-state index in [-0.39, 0.29) is 29.5 Å². The van der Waals surface area contributed by atoms with E-state index in [2.05, 4.69) is 26.1 Å². The standard InChI is InChI=1S/C29H40N4O5/c1-9-38-25-14-19-16-33(27(30)20(19)15-21(25)28(35)31-5)17-24(34)18-12-22(29(2,3)4)26(37-8)23(13-18)32(6)10-11-36-7/h12-15,30H,9-11,16-17H2,1-8H3,(H,31,35). The third kappa shape index (κ3) is 5.93. The van der Waals surface area contributed by atoms with Gasteiger partial charge in [0.1, 0.15) is 17.3 Å². The number of ether oxygens (including phenoxy) is 3. The number of benzene rings is 2. The zero-order valence-electron chi connectivity index (χ0n) is 23.8. The number of methoxy groups -OCH3 is 2. The van der Waals surface area contributed by atoms with Gasteiger partial charge in [0.05, 0.1) is 38.1 Å². The van der Waals surface area contributed by atoms with Crippen LogP contribution in [0, 0.1) is 5.41 Å². The summed E-state index contributed by atoms with van der Waals surface area (Å²) in [5.74, 6) is 1.04. The number of nitrogens with zero attached hydrogens (tertiary/aromatic N) is 2. The molecular weight excluding hydrogens is 484 g/mol. The van der Waals surface area contributed by atoms with Crippen molar-refractivity contribution in [3.8, 4) is 11.5 Å². The molecule has 1 heterocycles. The molecule has 9 nitrogen and oxygen atoms in total. The van der Waals surface area contributed by atoms with Crippen LogP contribution < -0.4 is 19.7 Å². The SMILES string of the molecule is CCOc1cc2c(cc1C(=O)NC)C(=N)N(CC(=O)c1cc(N(C)CCOC)c(OC)c(C(C)(C)C)c1)C2. The summed E-state index contributed by atoms with van der Waals surface area (Å²) in [6, 6.07) is 7.24. The van der Waals surface area contributed by atoms with Gasteiger partial charge in [-0.2, -0.15) is 0 Å². The Morgan fingerprint density at radius 2 is 1.87 bits per heavy atom. The van der Waals surface area contributed by atoms with Gasteiger partial charge >= 0.3 is 0 Å². The van der Waals surface area contributed by atoms with Crippen LogP contribution >= 0.6 is 0 Å². The summed E-state index contributed by atoms with van der Waals surface area (Å²) in [6.45, 7) is 10.1. The first-order valence-corrected chi connectivity index (χ1v) is 12.8. The largest absolute Gasteiger partial charge is 0.494 e. The van der Waals surface area contributed by atoms with Gasteiger partial charge in [0.25, 0.3) is 5.91 Å². The molecule has 0 unspecified atom stereocenters. The van der Waals surface area contributed by atoms with Crippen molar-refractivity contribution in [3.05, 3.63) is 52.1 Å². The first-order valence-electron chi connectivity index (χ1n) is 12.8. The average molecular weight is 525 g/mol. The molecule has 0 aromatic heterocycles. The van der Waals surface area contributed by atoms with Gasteiger partial charge in [-0.15, -0.1) is 0 Å². The monoisotopic (exact) mass is 524 g/mol. The van der Waals surface area contributed by atoms with Crippen molar-refractivity contribution in [1.82, 2.24) is 10.2 Å². The van der Waals surface area contributed by atoms with Crippen LogP contribution in [-0.4, -0.2) is 77.0 Å². The van der Waals surface area contributed by atoms with Gasteiger partial charge in [-0.05, 0) is 42.2 Å². The van der Waals surface area contributed by atoms with Crippen molar-refractivity contribution >= 4 is 23.2 Å². The van der Waals surface area contributed by atoms with Gasteiger partial charge in [0.15, 0.2) is 5.78 Å². The lowest BCUT2D eigenvalue weighted by atomic mass is 9.84. The number of nitrogens with one attached hydrogen (secondary N) is 2. The first-order chi connectivity index (χ1) is 18.0. The number of carbonyl (C=O) groups is 2. The van der Waals surface area contributed by atoms with Crippen LogP contribution in [0.2, 0.25) is 0 Å². The van der Waals surface area contributed by atoms with E-state index in [4.69, 9.17) is 19.6 Å². The highest BCUT2D eigenvalue weighted by Gasteiger charge is 2.31. The number of hydrogen-bond acceptors (Lipinski definition) is 7. The minimum Gasteiger partial charge on any atom is -0.494 e. The molecule has 9 heteroatoms. The molecule has 1 aliphatic rings. The fourth-order valence-corrected chi connectivity index (χ4v) is 4.59. The minimum atomic E-state index is -0.281. The molecule has 0 fully saturated rings. The highest BCUT2D eigenvalue weighted by molar-refractivity contribution is 6.08. The molecule has 2 aromatic carbocycles. The second kappa shape index (κ2) is 11.9. The summed E-state index contributed by atoms with van der Waals surface area (Å²) < 4.78 is 16.8. The quantitative estimate of drug-likeness (QED) is 0.430. The molecule has 3 rings (SSSR count). The van der Waals surface area contributed by atoms with Crippen LogP contribution in [0.15, 0.2) is 24.3 Å². The summed E-state index contributed by atoms with van der Waals surface area (Å²) >= 11 is 0. The molecule has 0 aliphatic carbocycles. The Kier molecular flexibility index (Phi) is 9.04. The highest BCUT2D eigenvalue weighted by Crippen LogP contribution is 2.40. The Labute approximate surface area is 225 Å². The van der Waals surface area contributed by atoms with Crippen LogP contribution in [0.1, 0.15) is 65.1 Å². The molecular formula is C29H40N4O5. The van der Waals surface area contributed by atoms with E-state index in [0.29, 0.717) is 48.7 Å².